The number of benzene rings is 2. The molecule has 2 atom stereocenters. The van der Waals surface area contributed by atoms with E-state index in [0.29, 0.717) is 35.2 Å². The molecule has 4 aliphatic rings. The molecule has 1 saturated heterocycles. The zero-order chi connectivity index (χ0) is 26.9. The Bertz CT molecular complexity index is 1400. The zero-order valence-electron chi connectivity index (χ0n) is 21.4. The molecule has 7 rings (SSSR count). The maximum Gasteiger partial charge on any atom is 0.274 e. The fourth-order valence-electron chi connectivity index (χ4n) is 4.85. The summed E-state index contributed by atoms with van der Waals surface area (Å²) >= 11 is 0. The van der Waals surface area contributed by atoms with Gasteiger partial charge >= 0.3 is 0 Å². The Labute approximate surface area is 224 Å². The van der Waals surface area contributed by atoms with Gasteiger partial charge in [-0.3, -0.25) is 19.5 Å². The molecule has 11 heteroatoms. The molecule has 2 fully saturated rings. The van der Waals surface area contributed by atoms with Crippen molar-refractivity contribution in [2.45, 2.75) is 37.5 Å². The Morgan fingerprint density at radius 3 is 2.67 bits per heavy atom. The summed E-state index contributed by atoms with van der Waals surface area (Å²) in [6.07, 6.45) is 1.72. The average molecular weight is 532 g/mol. The smallest absolute Gasteiger partial charge is 0.274 e. The standard InChI is InChI=1S/C28H29N5O6/c1-37-23-9-6-18-10-24(23)38-15-26(34)29-12-16-2-7-19(8-3-16)39-25-14-33(13-22(25)30-27(18)35)28(36)21-11-20(31-32-21)17-4-5-17/h2-3,6-11,17,22,25H,4-5,12-15H2,1H3,(H,29,34)(H,30,35)(H,31,32)/t22-,25-/m0/s1. The van der Waals surface area contributed by atoms with E-state index in [1.165, 1.54) is 13.2 Å². The van der Waals surface area contributed by atoms with Gasteiger partial charge in [0.2, 0.25) is 0 Å². The molecule has 3 amide bonds. The third kappa shape index (κ3) is 5.38. The number of carbonyl (C=O) groups is 3. The molecule has 202 valence electrons. The van der Waals surface area contributed by atoms with Crippen LogP contribution in [0.1, 0.15) is 50.9 Å². The minimum Gasteiger partial charge on any atom is -0.493 e. The summed E-state index contributed by atoms with van der Waals surface area (Å²) in [5.41, 5.74) is 2.56. The number of fused-ring (bicyclic) bond motifs is 7. The largest absolute Gasteiger partial charge is 0.493 e. The highest BCUT2D eigenvalue weighted by atomic mass is 16.5. The van der Waals surface area contributed by atoms with Crippen molar-refractivity contribution in [3.63, 3.8) is 0 Å². The third-order valence-electron chi connectivity index (χ3n) is 7.19. The van der Waals surface area contributed by atoms with Crippen LogP contribution in [0.2, 0.25) is 0 Å². The predicted molar refractivity (Wildman–Crippen MR) is 139 cm³/mol. The number of nitrogens with zero attached hydrogens (tertiary/aromatic N) is 2. The molecule has 0 radical (unpaired) electrons. The van der Waals surface area contributed by atoms with Crippen molar-refractivity contribution in [3.05, 3.63) is 71.0 Å². The number of hydrogen-bond acceptors (Lipinski definition) is 7. The molecule has 1 aliphatic carbocycles. The van der Waals surface area contributed by atoms with E-state index in [0.717, 1.165) is 24.1 Å². The monoisotopic (exact) mass is 531 g/mol. The number of aromatic amines is 1. The van der Waals surface area contributed by atoms with Crippen molar-refractivity contribution in [2.75, 3.05) is 26.8 Å². The second kappa shape index (κ2) is 10.3. The first kappa shape index (κ1) is 24.8. The third-order valence-corrected chi connectivity index (χ3v) is 7.19. The van der Waals surface area contributed by atoms with Gasteiger partial charge in [-0.05, 0) is 54.8 Å². The van der Waals surface area contributed by atoms with Crippen molar-refractivity contribution in [1.82, 2.24) is 25.7 Å². The predicted octanol–water partition coefficient (Wildman–Crippen LogP) is 2.01. The van der Waals surface area contributed by atoms with Crippen LogP contribution in [0.15, 0.2) is 48.5 Å². The summed E-state index contributed by atoms with van der Waals surface area (Å²) in [6, 6.07) is 13.4. The second-order valence-corrected chi connectivity index (χ2v) is 10.0. The van der Waals surface area contributed by atoms with Crippen molar-refractivity contribution in [3.8, 4) is 17.2 Å². The Kier molecular flexibility index (Phi) is 6.55. The van der Waals surface area contributed by atoms with Gasteiger partial charge in [-0.25, -0.2) is 0 Å². The topological polar surface area (TPSA) is 135 Å². The zero-order valence-corrected chi connectivity index (χ0v) is 21.4. The van der Waals surface area contributed by atoms with Crippen molar-refractivity contribution in [2.24, 2.45) is 0 Å². The maximum absolute atomic E-state index is 13.3. The summed E-state index contributed by atoms with van der Waals surface area (Å²) in [5.74, 6) is 0.837. The number of aromatic nitrogens is 2. The average Bonchev–Trinajstić information content (AvgIpc) is 3.55. The van der Waals surface area contributed by atoms with Gasteiger partial charge < -0.3 is 29.7 Å². The molecule has 2 aromatic carbocycles. The highest BCUT2D eigenvalue weighted by molar-refractivity contribution is 5.96. The van der Waals surface area contributed by atoms with E-state index in [4.69, 9.17) is 14.2 Å². The van der Waals surface area contributed by atoms with E-state index in [2.05, 4.69) is 20.8 Å². The van der Waals surface area contributed by atoms with E-state index in [9.17, 15) is 14.4 Å². The lowest BCUT2D eigenvalue weighted by Gasteiger charge is -2.21. The number of carbonyl (C=O) groups excluding carboxylic acids is 3. The minimum absolute atomic E-state index is 0.211. The van der Waals surface area contributed by atoms with Gasteiger partial charge in [0.05, 0.1) is 19.7 Å². The highest BCUT2D eigenvalue weighted by Gasteiger charge is 2.39. The molecule has 3 aliphatic heterocycles. The van der Waals surface area contributed by atoms with Crippen LogP contribution >= 0.6 is 0 Å². The van der Waals surface area contributed by atoms with Gasteiger partial charge in [0, 0.05) is 30.3 Å². The molecule has 39 heavy (non-hydrogen) atoms. The molecule has 0 unspecified atom stereocenters. The number of ether oxygens (including phenoxy) is 3. The number of hydrogen-bond donors (Lipinski definition) is 3. The van der Waals surface area contributed by atoms with Crippen LogP contribution in [0.4, 0.5) is 0 Å². The number of H-pyrrole nitrogens is 1. The van der Waals surface area contributed by atoms with E-state index in [1.807, 2.05) is 30.3 Å². The fraction of sp³-hybridized carbons (Fsp3) is 0.357. The summed E-state index contributed by atoms with van der Waals surface area (Å²) in [7, 11) is 1.49. The fourth-order valence-corrected chi connectivity index (χ4v) is 4.85. The number of nitrogens with one attached hydrogen (secondary N) is 3. The first-order chi connectivity index (χ1) is 19.0. The van der Waals surface area contributed by atoms with Crippen LogP contribution in [0.25, 0.3) is 0 Å². The molecule has 3 N–H and O–H groups in total. The number of amides is 3. The van der Waals surface area contributed by atoms with Gasteiger partial charge in [-0.15, -0.1) is 0 Å². The quantitative estimate of drug-likeness (QED) is 0.471. The first-order valence-electron chi connectivity index (χ1n) is 13.0. The molecule has 1 saturated carbocycles. The number of methoxy groups -OCH3 is 1. The normalized spacial score (nSPS) is 21.2. The first-order valence-corrected chi connectivity index (χ1v) is 13.0. The Morgan fingerprint density at radius 2 is 1.90 bits per heavy atom. The molecule has 3 aromatic rings. The second-order valence-electron chi connectivity index (χ2n) is 10.0. The van der Waals surface area contributed by atoms with Crippen LogP contribution in [-0.4, -0.2) is 71.8 Å². The molecule has 4 heterocycles. The van der Waals surface area contributed by atoms with Crippen molar-refractivity contribution < 1.29 is 28.6 Å². The van der Waals surface area contributed by atoms with Crippen molar-refractivity contribution >= 4 is 17.7 Å². The van der Waals surface area contributed by atoms with Gasteiger partial charge in [-0.1, -0.05) is 12.1 Å². The lowest BCUT2D eigenvalue weighted by molar-refractivity contribution is -0.123. The molecule has 4 bridgehead atoms. The molecule has 1 aromatic heterocycles. The maximum atomic E-state index is 13.3. The summed E-state index contributed by atoms with van der Waals surface area (Å²) in [6.45, 7) is 0.627. The summed E-state index contributed by atoms with van der Waals surface area (Å²) in [4.78, 5) is 40.6. The van der Waals surface area contributed by atoms with Crippen LogP contribution in [0.3, 0.4) is 0 Å². The lowest BCUT2D eigenvalue weighted by atomic mass is 10.1. The highest BCUT2D eigenvalue weighted by Crippen LogP contribution is 2.39. The lowest BCUT2D eigenvalue weighted by Crippen LogP contribution is -2.45. The van der Waals surface area contributed by atoms with E-state index >= 15 is 0 Å². The Hall–Kier alpha value is -4.54. The van der Waals surface area contributed by atoms with Gasteiger partial charge in [0.1, 0.15) is 17.5 Å². The van der Waals surface area contributed by atoms with Crippen molar-refractivity contribution in [1.29, 1.82) is 0 Å². The SMILES string of the molecule is COc1ccc2cc1OCC(=O)NCc1ccc(cc1)O[C@H]1CN(C(=O)c3cc(C4CC4)[nH]n3)C[C@@H]1NC2=O. The minimum atomic E-state index is -0.491. The Morgan fingerprint density at radius 1 is 1.08 bits per heavy atom. The molecular formula is C28H29N5O6. The number of rotatable bonds is 3. The van der Waals surface area contributed by atoms with Crippen LogP contribution < -0.4 is 24.8 Å². The molecule has 0 spiro atoms. The van der Waals surface area contributed by atoms with E-state index in [-0.39, 0.29) is 43.2 Å². The van der Waals surface area contributed by atoms with E-state index < -0.39 is 12.1 Å². The summed E-state index contributed by atoms with van der Waals surface area (Å²) in [5, 5.41) is 13.1. The van der Waals surface area contributed by atoms with Gasteiger partial charge in [-0.2, -0.15) is 5.10 Å². The van der Waals surface area contributed by atoms with Gasteiger partial charge in [0.25, 0.3) is 17.7 Å². The van der Waals surface area contributed by atoms with Crippen LogP contribution in [0.5, 0.6) is 17.2 Å². The van der Waals surface area contributed by atoms with Crippen LogP contribution in [-0.2, 0) is 11.3 Å². The Balaban J connectivity index is 1.27. The molecular weight excluding hydrogens is 502 g/mol. The summed E-state index contributed by atoms with van der Waals surface area (Å²) < 4.78 is 17.3. The number of likely N-dealkylation sites (tertiary alicyclic amines) is 1. The van der Waals surface area contributed by atoms with Gasteiger partial charge in [0.15, 0.2) is 18.1 Å². The molecule has 11 nitrogen and oxygen atoms in total. The van der Waals surface area contributed by atoms with E-state index in [1.54, 1.807) is 17.0 Å². The van der Waals surface area contributed by atoms with Crippen LogP contribution in [0, 0.1) is 0 Å².